The normalized spacial score (nSPS) is 22.6. The molecule has 1 aliphatic carbocycles. The summed E-state index contributed by atoms with van der Waals surface area (Å²) in [7, 11) is -9.88. The standard InChI is InChI=1S/C20H28ClF5O2S/c1-2-3-4-5-6-7-15-8-10-16(11-9-15)20(27)28-17-12-13-19(18(21)14-17)29(22,23,24,25)26/h12-16H,2-11H2,1H3/t15-,16-. The molecule has 0 saturated heterocycles. The van der Waals surface area contributed by atoms with Crippen LogP contribution in [0.3, 0.4) is 0 Å². The van der Waals surface area contributed by atoms with E-state index in [4.69, 9.17) is 16.3 Å². The Balaban J connectivity index is 1.85. The molecule has 1 saturated carbocycles. The summed E-state index contributed by atoms with van der Waals surface area (Å²) >= 11 is 5.40. The van der Waals surface area contributed by atoms with E-state index in [1.54, 1.807) is 0 Å². The highest BCUT2D eigenvalue weighted by Crippen LogP contribution is 3.02. The maximum absolute atomic E-state index is 12.9. The van der Waals surface area contributed by atoms with E-state index in [0.717, 1.165) is 19.3 Å². The van der Waals surface area contributed by atoms with Gasteiger partial charge >= 0.3 is 16.2 Å². The number of esters is 1. The Hall–Kier alpha value is -1.02. The number of halogens is 6. The fourth-order valence-electron chi connectivity index (χ4n) is 3.78. The number of hydrogen-bond acceptors (Lipinski definition) is 2. The Kier molecular flexibility index (Phi) is 7.20. The molecule has 1 aromatic carbocycles. The van der Waals surface area contributed by atoms with Crippen molar-refractivity contribution in [1.82, 2.24) is 0 Å². The van der Waals surface area contributed by atoms with Gasteiger partial charge in [-0.2, -0.15) is 0 Å². The first-order valence-electron chi connectivity index (χ1n) is 10.1. The van der Waals surface area contributed by atoms with Crippen molar-refractivity contribution in [2.24, 2.45) is 11.8 Å². The van der Waals surface area contributed by atoms with Crippen LogP contribution in [0.25, 0.3) is 0 Å². The van der Waals surface area contributed by atoms with Crippen LogP contribution in [0.4, 0.5) is 19.4 Å². The largest absolute Gasteiger partial charge is 0.426 e. The molecule has 0 unspecified atom stereocenters. The van der Waals surface area contributed by atoms with E-state index in [2.05, 4.69) is 6.92 Å². The van der Waals surface area contributed by atoms with Gasteiger partial charge < -0.3 is 4.74 Å². The van der Waals surface area contributed by atoms with Crippen molar-refractivity contribution in [2.75, 3.05) is 0 Å². The molecule has 2 rings (SSSR count). The highest BCUT2D eigenvalue weighted by atomic mass is 35.5. The Morgan fingerprint density at radius 1 is 1.03 bits per heavy atom. The molecule has 0 aromatic heterocycles. The summed E-state index contributed by atoms with van der Waals surface area (Å²) in [5, 5.41) is -1.18. The van der Waals surface area contributed by atoms with Crippen LogP contribution < -0.4 is 4.74 Å². The van der Waals surface area contributed by atoms with Crippen molar-refractivity contribution < 1.29 is 29.0 Å². The van der Waals surface area contributed by atoms with E-state index in [1.807, 2.05) is 0 Å². The first kappa shape index (κ1) is 24.3. The molecule has 0 spiro atoms. The van der Waals surface area contributed by atoms with Gasteiger partial charge in [0, 0.05) is 6.07 Å². The summed E-state index contributed by atoms with van der Waals surface area (Å²) in [6.45, 7) is 2.18. The third-order valence-electron chi connectivity index (χ3n) is 5.43. The van der Waals surface area contributed by atoms with Gasteiger partial charge in [0.15, 0.2) is 0 Å². The molecule has 1 aliphatic rings. The van der Waals surface area contributed by atoms with Gasteiger partial charge in [0.05, 0.1) is 10.9 Å². The minimum Gasteiger partial charge on any atom is -0.426 e. The average Bonchev–Trinajstić information content (AvgIpc) is 2.59. The van der Waals surface area contributed by atoms with Gasteiger partial charge in [-0.05, 0) is 43.7 Å². The number of ether oxygens (including phenoxy) is 1. The van der Waals surface area contributed by atoms with E-state index >= 15 is 0 Å². The van der Waals surface area contributed by atoms with Gasteiger partial charge in [0.25, 0.3) is 0 Å². The van der Waals surface area contributed by atoms with Crippen LogP contribution in [-0.2, 0) is 4.79 Å². The van der Waals surface area contributed by atoms with Crippen LogP contribution in [0.15, 0.2) is 23.1 Å². The molecule has 0 amide bonds. The summed E-state index contributed by atoms with van der Waals surface area (Å²) in [5.74, 6) is -0.557. The lowest BCUT2D eigenvalue weighted by Crippen LogP contribution is -2.25. The lowest BCUT2D eigenvalue weighted by atomic mass is 9.80. The zero-order chi connectivity index (χ0) is 21.8. The predicted octanol–water partition coefficient (Wildman–Crippen LogP) is 9.07. The molecular formula is C20H28ClF5O2S. The molecular weight excluding hydrogens is 435 g/mol. The molecule has 2 nitrogen and oxygen atoms in total. The second kappa shape index (κ2) is 8.61. The zero-order valence-electron chi connectivity index (χ0n) is 16.5. The molecule has 29 heavy (non-hydrogen) atoms. The monoisotopic (exact) mass is 462 g/mol. The number of carbonyl (C=O) groups excluding carboxylic acids is 1. The third kappa shape index (κ3) is 7.63. The fourth-order valence-corrected chi connectivity index (χ4v) is 5.14. The first-order valence-corrected chi connectivity index (χ1v) is 12.4. The Morgan fingerprint density at radius 2 is 1.66 bits per heavy atom. The lowest BCUT2D eigenvalue weighted by Gasteiger charge is -2.41. The highest BCUT2D eigenvalue weighted by molar-refractivity contribution is 8.45. The number of unbranched alkanes of at least 4 members (excludes halogenated alkanes) is 4. The molecule has 1 aromatic rings. The van der Waals surface area contributed by atoms with E-state index in [9.17, 15) is 24.2 Å². The van der Waals surface area contributed by atoms with Gasteiger partial charge in [-0.15, -0.1) is 0 Å². The van der Waals surface area contributed by atoms with E-state index < -0.39 is 26.1 Å². The van der Waals surface area contributed by atoms with Crippen LogP contribution in [0.1, 0.15) is 71.1 Å². The molecule has 9 heteroatoms. The lowest BCUT2D eigenvalue weighted by molar-refractivity contribution is -0.140. The summed E-state index contributed by atoms with van der Waals surface area (Å²) < 4.78 is 69.5. The summed E-state index contributed by atoms with van der Waals surface area (Å²) in [6, 6.07) is 1.50. The first-order chi connectivity index (χ1) is 13.3. The van der Waals surface area contributed by atoms with Crippen molar-refractivity contribution in [1.29, 1.82) is 0 Å². The number of hydrogen-bond donors (Lipinski definition) is 0. The van der Waals surface area contributed by atoms with Crippen LogP contribution in [0.5, 0.6) is 5.75 Å². The molecule has 0 aliphatic heterocycles. The molecule has 0 bridgehead atoms. The minimum atomic E-state index is -9.88. The maximum atomic E-state index is 12.9. The minimum absolute atomic E-state index is 0.169. The molecule has 0 N–H and O–H groups in total. The highest BCUT2D eigenvalue weighted by Gasteiger charge is 2.66. The van der Waals surface area contributed by atoms with Gasteiger partial charge in [0.2, 0.25) is 0 Å². The zero-order valence-corrected chi connectivity index (χ0v) is 18.0. The van der Waals surface area contributed by atoms with Crippen molar-refractivity contribution in [3.05, 3.63) is 23.2 Å². The Bertz CT molecular complexity index is 716. The average molecular weight is 463 g/mol. The van der Waals surface area contributed by atoms with E-state index in [0.29, 0.717) is 30.9 Å². The summed E-state index contributed by atoms with van der Waals surface area (Å²) in [5.41, 5.74) is 0. The quantitative estimate of drug-likeness (QED) is 0.158. The van der Waals surface area contributed by atoms with E-state index in [-0.39, 0.29) is 17.7 Å². The van der Waals surface area contributed by atoms with Crippen LogP contribution in [-0.4, -0.2) is 5.97 Å². The van der Waals surface area contributed by atoms with Gasteiger partial charge in [-0.25, -0.2) is 0 Å². The summed E-state index contributed by atoms with van der Waals surface area (Å²) in [4.78, 5) is 10.1. The van der Waals surface area contributed by atoms with Gasteiger partial charge in [-0.3, -0.25) is 4.79 Å². The Labute approximate surface area is 173 Å². The summed E-state index contributed by atoms with van der Waals surface area (Å²) in [6.07, 6.45) is 10.4. The smallest absolute Gasteiger partial charge is 0.314 e. The molecule has 0 heterocycles. The van der Waals surface area contributed by atoms with Crippen molar-refractivity contribution in [3.8, 4) is 5.75 Å². The van der Waals surface area contributed by atoms with Crippen molar-refractivity contribution in [3.63, 3.8) is 0 Å². The Morgan fingerprint density at radius 3 is 2.21 bits per heavy atom. The van der Waals surface area contributed by atoms with Crippen LogP contribution >= 0.6 is 21.8 Å². The third-order valence-corrected chi connectivity index (χ3v) is 7.05. The predicted molar refractivity (Wildman–Crippen MR) is 107 cm³/mol. The number of rotatable bonds is 9. The van der Waals surface area contributed by atoms with Gasteiger partial charge in [-0.1, -0.05) is 76.5 Å². The van der Waals surface area contributed by atoms with Crippen molar-refractivity contribution >= 4 is 27.8 Å². The number of benzene rings is 1. The molecule has 1 fully saturated rings. The van der Waals surface area contributed by atoms with E-state index in [1.165, 1.54) is 32.1 Å². The molecule has 0 atom stereocenters. The SMILES string of the molecule is CCCCCCC[C@H]1CC[C@H](C(=O)Oc2ccc(S(F)(F)(F)(F)F)c(Cl)c2)CC1. The maximum Gasteiger partial charge on any atom is 0.314 e. The van der Waals surface area contributed by atoms with Crippen LogP contribution in [0, 0.1) is 11.8 Å². The second-order valence-electron chi connectivity index (χ2n) is 7.90. The van der Waals surface area contributed by atoms with Gasteiger partial charge in [0.1, 0.15) is 10.6 Å². The number of carbonyl (C=O) groups is 1. The van der Waals surface area contributed by atoms with Crippen molar-refractivity contribution in [2.45, 2.75) is 76.0 Å². The topological polar surface area (TPSA) is 26.3 Å². The fraction of sp³-hybridized carbons (Fsp3) is 0.650. The molecule has 168 valence electrons. The van der Waals surface area contributed by atoms with Crippen LogP contribution in [0.2, 0.25) is 5.02 Å². The second-order valence-corrected chi connectivity index (χ2v) is 10.7. The molecule has 0 radical (unpaired) electrons.